The smallest absolute Gasteiger partial charge is 0.0465 e. The SMILES string of the molecule is CCCNC1CCC(CCCOCC)C1C. The first-order valence-electron chi connectivity index (χ1n) is 7.10. The molecule has 0 aliphatic heterocycles. The number of hydrogen-bond donors (Lipinski definition) is 1. The Balaban J connectivity index is 2.14. The quantitative estimate of drug-likeness (QED) is 0.643. The Kier molecular flexibility index (Phi) is 7.06. The second kappa shape index (κ2) is 8.08. The summed E-state index contributed by atoms with van der Waals surface area (Å²) in [7, 11) is 0. The Morgan fingerprint density at radius 2 is 2.06 bits per heavy atom. The van der Waals surface area contributed by atoms with Gasteiger partial charge in [-0.3, -0.25) is 0 Å². The van der Waals surface area contributed by atoms with Crippen molar-refractivity contribution in [1.82, 2.24) is 5.32 Å². The van der Waals surface area contributed by atoms with E-state index >= 15 is 0 Å². The molecule has 1 aliphatic carbocycles. The van der Waals surface area contributed by atoms with Gasteiger partial charge in [-0.1, -0.05) is 13.8 Å². The van der Waals surface area contributed by atoms with E-state index in [2.05, 4.69) is 26.1 Å². The van der Waals surface area contributed by atoms with E-state index in [0.29, 0.717) is 0 Å². The van der Waals surface area contributed by atoms with Gasteiger partial charge in [0.1, 0.15) is 0 Å². The normalized spacial score (nSPS) is 29.8. The molecule has 0 amide bonds. The topological polar surface area (TPSA) is 21.3 Å². The molecule has 0 aromatic heterocycles. The molecule has 3 atom stereocenters. The van der Waals surface area contributed by atoms with Gasteiger partial charge in [-0.25, -0.2) is 0 Å². The van der Waals surface area contributed by atoms with Crippen LogP contribution < -0.4 is 5.32 Å². The van der Waals surface area contributed by atoms with E-state index < -0.39 is 0 Å². The first kappa shape index (κ1) is 14.0. The lowest BCUT2D eigenvalue weighted by molar-refractivity contribution is 0.137. The summed E-state index contributed by atoms with van der Waals surface area (Å²) in [6, 6.07) is 0.775. The van der Waals surface area contributed by atoms with Crippen LogP contribution in [0.4, 0.5) is 0 Å². The van der Waals surface area contributed by atoms with Gasteiger partial charge in [0.25, 0.3) is 0 Å². The van der Waals surface area contributed by atoms with Gasteiger partial charge >= 0.3 is 0 Å². The molecule has 2 nitrogen and oxygen atoms in total. The second-order valence-corrected chi connectivity index (χ2v) is 5.10. The van der Waals surface area contributed by atoms with E-state index in [1.165, 1.54) is 38.6 Å². The maximum absolute atomic E-state index is 5.40. The highest BCUT2D eigenvalue weighted by Gasteiger charge is 2.31. The van der Waals surface area contributed by atoms with E-state index in [0.717, 1.165) is 31.1 Å². The molecule has 0 aromatic rings. The standard InChI is InChI=1S/C14H29NO/c1-4-10-15-14-9-8-13(12(14)3)7-6-11-16-5-2/h12-15H,4-11H2,1-3H3. The molecule has 2 heteroatoms. The summed E-state index contributed by atoms with van der Waals surface area (Å²) in [5.41, 5.74) is 0. The zero-order valence-electron chi connectivity index (χ0n) is 11.3. The second-order valence-electron chi connectivity index (χ2n) is 5.10. The van der Waals surface area contributed by atoms with Gasteiger partial charge in [0, 0.05) is 19.3 Å². The van der Waals surface area contributed by atoms with Gasteiger partial charge in [0.05, 0.1) is 0 Å². The van der Waals surface area contributed by atoms with Crippen molar-refractivity contribution in [2.75, 3.05) is 19.8 Å². The average molecular weight is 227 g/mol. The fourth-order valence-electron chi connectivity index (χ4n) is 2.86. The van der Waals surface area contributed by atoms with Crippen LogP contribution in [0.5, 0.6) is 0 Å². The molecular formula is C14H29NO. The zero-order valence-corrected chi connectivity index (χ0v) is 11.3. The minimum atomic E-state index is 0.775. The van der Waals surface area contributed by atoms with Crippen LogP contribution in [0.25, 0.3) is 0 Å². The Bertz CT molecular complexity index is 172. The zero-order chi connectivity index (χ0) is 11.8. The highest BCUT2D eigenvalue weighted by Crippen LogP contribution is 2.34. The Morgan fingerprint density at radius 1 is 1.25 bits per heavy atom. The predicted molar refractivity (Wildman–Crippen MR) is 69.7 cm³/mol. The van der Waals surface area contributed by atoms with Crippen LogP contribution in [0.15, 0.2) is 0 Å². The highest BCUT2D eigenvalue weighted by molar-refractivity contribution is 4.86. The predicted octanol–water partition coefficient (Wildman–Crippen LogP) is 3.22. The third-order valence-corrected chi connectivity index (χ3v) is 3.95. The Labute approximate surface area is 101 Å². The number of rotatable bonds is 8. The summed E-state index contributed by atoms with van der Waals surface area (Å²) in [6.45, 7) is 9.73. The Morgan fingerprint density at radius 3 is 2.75 bits per heavy atom. The number of hydrogen-bond acceptors (Lipinski definition) is 2. The molecule has 0 aromatic carbocycles. The maximum atomic E-state index is 5.40. The van der Waals surface area contributed by atoms with Gasteiger partial charge in [0.2, 0.25) is 0 Å². The summed E-state index contributed by atoms with van der Waals surface area (Å²) >= 11 is 0. The lowest BCUT2D eigenvalue weighted by Gasteiger charge is -2.21. The molecule has 1 saturated carbocycles. The summed E-state index contributed by atoms with van der Waals surface area (Å²) in [4.78, 5) is 0. The minimum Gasteiger partial charge on any atom is -0.382 e. The van der Waals surface area contributed by atoms with Crippen molar-refractivity contribution in [2.45, 2.75) is 58.9 Å². The highest BCUT2D eigenvalue weighted by atomic mass is 16.5. The van der Waals surface area contributed by atoms with Gasteiger partial charge in [-0.05, 0) is 57.4 Å². The van der Waals surface area contributed by atoms with Crippen LogP contribution in [-0.2, 0) is 4.74 Å². The van der Waals surface area contributed by atoms with E-state index in [1.807, 2.05) is 0 Å². The molecule has 0 spiro atoms. The fraction of sp³-hybridized carbons (Fsp3) is 1.00. The van der Waals surface area contributed by atoms with Gasteiger partial charge < -0.3 is 10.1 Å². The fourth-order valence-corrected chi connectivity index (χ4v) is 2.86. The summed E-state index contributed by atoms with van der Waals surface area (Å²) in [5, 5.41) is 3.68. The molecule has 1 aliphatic rings. The summed E-state index contributed by atoms with van der Waals surface area (Å²) in [5.74, 6) is 1.78. The molecule has 0 saturated heterocycles. The molecule has 0 heterocycles. The lowest BCUT2D eigenvalue weighted by atomic mass is 9.91. The van der Waals surface area contributed by atoms with Crippen molar-refractivity contribution in [3.8, 4) is 0 Å². The van der Waals surface area contributed by atoms with E-state index in [-0.39, 0.29) is 0 Å². The molecule has 16 heavy (non-hydrogen) atoms. The minimum absolute atomic E-state index is 0.775. The van der Waals surface area contributed by atoms with Crippen molar-refractivity contribution < 1.29 is 4.74 Å². The van der Waals surface area contributed by atoms with Crippen molar-refractivity contribution in [3.05, 3.63) is 0 Å². The molecule has 1 N–H and O–H groups in total. The average Bonchev–Trinajstić information content (AvgIpc) is 2.64. The summed E-state index contributed by atoms with van der Waals surface area (Å²) < 4.78 is 5.40. The van der Waals surface area contributed by atoms with Crippen LogP contribution in [0, 0.1) is 11.8 Å². The largest absolute Gasteiger partial charge is 0.382 e. The lowest BCUT2D eigenvalue weighted by Crippen LogP contribution is -2.33. The monoisotopic (exact) mass is 227 g/mol. The van der Waals surface area contributed by atoms with Crippen molar-refractivity contribution in [1.29, 1.82) is 0 Å². The molecule has 1 rings (SSSR count). The van der Waals surface area contributed by atoms with E-state index in [4.69, 9.17) is 4.74 Å². The van der Waals surface area contributed by atoms with Gasteiger partial charge in [-0.15, -0.1) is 0 Å². The van der Waals surface area contributed by atoms with Gasteiger partial charge in [0.15, 0.2) is 0 Å². The molecular weight excluding hydrogens is 198 g/mol. The molecule has 96 valence electrons. The third kappa shape index (κ3) is 4.42. The van der Waals surface area contributed by atoms with Crippen LogP contribution in [0.1, 0.15) is 52.9 Å². The first-order valence-corrected chi connectivity index (χ1v) is 7.10. The van der Waals surface area contributed by atoms with Gasteiger partial charge in [-0.2, -0.15) is 0 Å². The van der Waals surface area contributed by atoms with E-state index in [9.17, 15) is 0 Å². The van der Waals surface area contributed by atoms with Crippen molar-refractivity contribution in [2.24, 2.45) is 11.8 Å². The van der Waals surface area contributed by atoms with Crippen LogP contribution in [-0.4, -0.2) is 25.8 Å². The summed E-state index contributed by atoms with van der Waals surface area (Å²) in [6.07, 6.45) is 6.63. The van der Waals surface area contributed by atoms with Crippen LogP contribution in [0.3, 0.4) is 0 Å². The van der Waals surface area contributed by atoms with E-state index in [1.54, 1.807) is 0 Å². The molecule has 1 fully saturated rings. The molecule has 3 unspecified atom stereocenters. The maximum Gasteiger partial charge on any atom is 0.0465 e. The number of nitrogens with one attached hydrogen (secondary N) is 1. The number of ether oxygens (including phenoxy) is 1. The van der Waals surface area contributed by atoms with Crippen molar-refractivity contribution in [3.63, 3.8) is 0 Å². The molecule has 0 bridgehead atoms. The van der Waals surface area contributed by atoms with Crippen molar-refractivity contribution >= 4 is 0 Å². The Hall–Kier alpha value is -0.0800. The third-order valence-electron chi connectivity index (χ3n) is 3.95. The molecule has 0 radical (unpaired) electrons. The van der Waals surface area contributed by atoms with Crippen LogP contribution in [0.2, 0.25) is 0 Å². The first-order chi connectivity index (χ1) is 7.79. The van der Waals surface area contributed by atoms with Crippen LogP contribution >= 0.6 is 0 Å².